The van der Waals surface area contributed by atoms with Gasteiger partial charge < -0.3 is 5.32 Å². The van der Waals surface area contributed by atoms with Crippen LogP contribution in [-0.2, 0) is 0 Å². The lowest BCUT2D eigenvalue weighted by atomic mass is 9.87. The highest BCUT2D eigenvalue weighted by Crippen LogP contribution is 2.32. The Kier molecular flexibility index (Phi) is 2.40. The molecule has 2 saturated carbocycles. The maximum atomic E-state index is 3.76. The van der Waals surface area contributed by atoms with Gasteiger partial charge in [-0.25, -0.2) is 0 Å². The molecule has 1 N–H and O–H groups in total. The third-order valence-corrected chi connectivity index (χ3v) is 3.58. The predicted molar refractivity (Wildman–Crippen MR) is 52.1 cm³/mol. The van der Waals surface area contributed by atoms with Gasteiger partial charge in [-0.3, -0.25) is 0 Å². The fraction of sp³-hybridized carbons (Fsp3) is 1.00. The van der Waals surface area contributed by atoms with E-state index in [0.717, 1.165) is 23.9 Å². The molecule has 1 nitrogen and oxygen atoms in total. The summed E-state index contributed by atoms with van der Waals surface area (Å²) in [6, 6.07) is 1.74. The first-order valence-electron chi connectivity index (χ1n) is 5.51. The summed E-state index contributed by atoms with van der Waals surface area (Å²) in [6.07, 6.45) is 7.15. The van der Waals surface area contributed by atoms with Crippen molar-refractivity contribution in [1.82, 2.24) is 5.32 Å². The zero-order valence-corrected chi connectivity index (χ0v) is 8.34. The second-order valence-electron chi connectivity index (χ2n) is 4.94. The molecule has 2 rings (SSSR count). The molecule has 12 heavy (non-hydrogen) atoms. The first-order chi connectivity index (χ1) is 5.75. The zero-order valence-electron chi connectivity index (χ0n) is 8.34. The molecule has 0 amide bonds. The van der Waals surface area contributed by atoms with Crippen LogP contribution in [0, 0.1) is 11.8 Å². The van der Waals surface area contributed by atoms with Crippen LogP contribution in [0.3, 0.4) is 0 Å². The lowest BCUT2D eigenvalue weighted by Crippen LogP contribution is -2.34. The third kappa shape index (κ3) is 2.01. The molecule has 0 aromatic heterocycles. The minimum Gasteiger partial charge on any atom is -0.311 e. The summed E-state index contributed by atoms with van der Waals surface area (Å²) in [5.74, 6) is 1.95. The minimum absolute atomic E-state index is 0.858. The highest BCUT2D eigenvalue weighted by atomic mass is 15.0. The molecule has 2 fully saturated rings. The van der Waals surface area contributed by atoms with Crippen molar-refractivity contribution in [3.05, 3.63) is 0 Å². The van der Waals surface area contributed by atoms with Crippen LogP contribution in [0.5, 0.6) is 0 Å². The molecular formula is C11H21N. The highest BCUT2D eigenvalue weighted by molar-refractivity contribution is 4.92. The van der Waals surface area contributed by atoms with E-state index in [4.69, 9.17) is 0 Å². The summed E-state index contributed by atoms with van der Waals surface area (Å²) in [5.41, 5.74) is 0. The molecule has 2 aliphatic carbocycles. The molecule has 0 spiro atoms. The number of nitrogens with one attached hydrogen (secondary N) is 1. The van der Waals surface area contributed by atoms with Crippen molar-refractivity contribution in [1.29, 1.82) is 0 Å². The predicted octanol–water partition coefficient (Wildman–Crippen LogP) is 2.56. The molecule has 0 aromatic carbocycles. The van der Waals surface area contributed by atoms with Gasteiger partial charge in [-0.2, -0.15) is 0 Å². The molecule has 0 aliphatic heterocycles. The molecule has 70 valence electrons. The largest absolute Gasteiger partial charge is 0.311 e. The van der Waals surface area contributed by atoms with E-state index in [-0.39, 0.29) is 0 Å². The summed E-state index contributed by atoms with van der Waals surface area (Å²) in [5, 5.41) is 3.76. The van der Waals surface area contributed by atoms with Gasteiger partial charge in [0.1, 0.15) is 0 Å². The lowest BCUT2D eigenvalue weighted by Gasteiger charge is -2.27. The van der Waals surface area contributed by atoms with E-state index in [0.29, 0.717) is 0 Å². The van der Waals surface area contributed by atoms with Gasteiger partial charge in [-0.15, -0.1) is 0 Å². The van der Waals surface area contributed by atoms with Crippen molar-refractivity contribution in [3.8, 4) is 0 Å². The van der Waals surface area contributed by atoms with Crippen molar-refractivity contribution >= 4 is 0 Å². The van der Waals surface area contributed by atoms with Crippen molar-refractivity contribution in [2.45, 2.75) is 58.0 Å². The molecule has 0 bridgehead atoms. The minimum atomic E-state index is 0.858. The summed E-state index contributed by atoms with van der Waals surface area (Å²) in [6.45, 7) is 4.74. The summed E-state index contributed by atoms with van der Waals surface area (Å²) >= 11 is 0. The van der Waals surface area contributed by atoms with E-state index in [1.54, 1.807) is 0 Å². The lowest BCUT2D eigenvalue weighted by molar-refractivity contribution is 0.303. The van der Waals surface area contributed by atoms with Crippen molar-refractivity contribution < 1.29 is 0 Å². The highest BCUT2D eigenvalue weighted by Gasteiger charge is 2.34. The average Bonchev–Trinajstić information content (AvgIpc) is 2.72. The molecule has 2 atom stereocenters. The van der Waals surface area contributed by atoms with Crippen LogP contribution in [0.4, 0.5) is 0 Å². The first-order valence-corrected chi connectivity index (χ1v) is 5.51. The van der Waals surface area contributed by atoms with Gasteiger partial charge in [0, 0.05) is 12.1 Å². The normalized spacial score (nSPS) is 47.5. The Morgan fingerprint density at radius 3 is 2.08 bits per heavy atom. The third-order valence-electron chi connectivity index (χ3n) is 3.58. The fourth-order valence-corrected chi connectivity index (χ4v) is 2.28. The van der Waals surface area contributed by atoms with Crippen LogP contribution < -0.4 is 5.32 Å². The maximum Gasteiger partial charge on any atom is 0.00989 e. The molecule has 0 saturated heterocycles. The molecule has 2 aliphatic rings. The Morgan fingerprint density at radius 2 is 1.58 bits per heavy atom. The molecule has 1 heteroatoms. The Balaban J connectivity index is 1.68. The van der Waals surface area contributed by atoms with Crippen LogP contribution in [0.15, 0.2) is 0 Å². The second kappa shape index (κ2) is 3.37. The van der Waals surface area contributed by atoms with Crippen molar-refractivity contribution in [3.63, 3.8) is 0 Å². The van der Waals surface area contributed by atoms with Crippen LogP contribution in [0.2, 0.25) is 0 Å². The smallest absolute Gasteiger partial charge is 0.00989 e. The Labute approximate surface area is 75.9 Å². The van der Waals surface area contributed by atoms with Crippen LogP contribution >= 0.6 is 0 Å². The fourth-order valence-electron chi connectivity index (χ4n) is 2.28. The summed E-state index contributed by atoms with van der Waals surface area (Å²) in [4.78, 5) is 0. The van der Waals surface area contributed by atoms with Gasteiger partial charge in [0.05, 0.1) is 0 Å². The van der Waals surface area contributed by atoms with E-state index in [1.807, 2.05) is 0 Å². The van der Waals surface area contributed by atoms with E-state index in [2.05, 4.69) is 19.2 Å². The number of hydrogen-bond donors (Lipinski definition) is 1. The van der Waals surface area contributed by atoms with Gasteiger partial charge >= 0.3 is 0 Å². The molecule has 0 heterocycles. The topological polar surface area (TPSA) is 12.0 Å². The zero-order chi connectivity index (χ0) is 8.55. The monoisotopic (exact) mass is 167 g/mol. The summed E-state index contributed by atoms with van der Waals surface area (Å²) in [7, 11) is 0. The van der Waals surface area contributed by atoms with Gasteiger partial charge in [-0.05, 0) is 43.9 Å². The molecule has 2 unspecified atom stereocenters. The average molecular weight is 167 g/mol. The van der Waals surface area contributed by atoms with E-state index < -0.39 is 0 Å². The summed E-state index contributed by atoms with van der Waals surface area (Å²) < 4.78 is 0. The maximum absolute atomic E-state index is 3.76. The Morgan fingerprint density at radius 1 is 1.00 bits per heavy atom. The van der Waals surface area contributed by atoms with Crippen LogP contribution in [-0.4, -0.2) is 12.1 Å². The van der Waals surface area contributed by atoms with Crippen molar-refractivity contribution in [2.75, 3.05) is 0 Å². The van der Waals surface area contributed by atoms with Gasteiger partial charge in [0.2, 0.25) is 0 Å². The second-order valence-corrected chi connectivity index (χ2v) is 4.94. The van der Waals surface area contributed by atoms with Crippen LogP contribution in [0.1, 0.15) is 46.0 Å². The van der Waals surface area contributed by atoms with Crippen molar-refractivity contribution in [2.24, 2.45) is 11.8 Å². The molecule has 0 radical (unpaired) electrons. The van der Waals surface area contributed by atoms with E-state index in [1.165, 1.54) is 32.1 Å². The van der Waals surface area contributed by atoms with E-state index in [9.17, 15) is 0 Å². The Hall–Kier alpha value is -0.0400. The SMILES string of the molecule is CC1CCC(NC2CC2C)CC1. The molecular weight excluding hydrogens is 146 g/mol. The quantitative estimate of drug-likeness (QED) is 0.666. The Bertz CT molecular complexity index is 147. The van der Waals surface area contributed by atoms with Gasteiger partial charge in [0.15, 0.2) is 0 Å². The first kappa shape index (κ1) is 8.55. The molecule has 0 aromatic rings. The standard InChI is InChI=1S/C11H21N/c1-8-3-5-10(6-4-8)12-11-7-9(11)2/h8-12H,3-7H2,1-2H3. The van der Waals surface area contributed by atoms with E-state index >= 15 is 0 Å². The number of hydrogen-bond acceptors (Lipinski definition) is 1. The van der Waals surface area contributed by atoms with Crippen LogP contribution in [0.25, 0.3) is 0 Å². The van der Waals surface area contributed by atoms with Gasteiger partial charge in [0.25, 0.3) is 0 Å². The number of rotatable bonds is 2. The van der Waals surface area contributed by atoms with Gasteiger partial charge in [-0.1, -0.05) is 13.8 Å².